The summed E-state index contributed by atoms with van der Waals surface area (Å²) in [6.45, 7) is 2.64. The lowest BCUT2D eigenvalue weighted by Gasteiger charge is -2.46. The molecule has 6 nitrogen and oxygen atoms in total. The third kappa shape index (κ3) is 4.40. The van der Waals surface area contributed by atoms with Crippen LogP contribution in [0.3, 0.4) is 0 Å². The Bertz CT molecular complexity index is 480. The van der Waals surface area contributed by atoms with Crippen molar-refractivity contribution >= 4 is 15.7 Å². The van der Waals surface area contributed by atoms with Crippen LogP contribution in [-0.4, -0.2) is 74.9 Å². The maximum atomic E-state index is 12.4. The summed E-state index contributed by atoms with van der Waals surface area (Å²) < 4.78 is 22.3. The van der Waals surface area contributed by atoms with E-state index in [2.05, 4.69) is 11.9 Å². The number of hydrogen-bond acceptors (Lipinski definition) is 5. The minimum Gasteiger partial charge on any atom is -0.341 e. The van der Waals surface area contributed by atoms with E-state index < -0.39 is 15.9 Å². The summed E-state index contributed by atoms with van der Waals surface area (Å²) in [5.41, 5.74) is 5.88. The van der Waals surface area contributed by atoms with E-state index in [-0.39, 0.29) is 18.1 Å². The van der Waals surface area contributed by atoms with Crippen molar-refractivity contribution in [3.63, 3.8) is 0 Å². The highest BCUT2D eigenvalue weighted by atomic mass is 32.2. The summed E-state index contributed by atoms with van der Waals surface area (Å²) in [7, 11) is -0.908. The van der Waals surface area contributed by atoms with Crippen LogP contribution >= 0.6 is 0 Å². The molecule has 0 spiro atoms. The lowest BCUT2D eigenvalue weighted by molar-refractivity contribution is -0.136. The van der Waals surface area contributed by atoms with Gasteiger partial charge in [0.2, 0.25) is 5.91 Å². The maximum absolute atomic E-state index is 12.4. The summed E-state index contributed by atoms with van der Waals surface area (Å²) in [5, 5.41) is 0. The van der Waals surface area contributed by atoms with E-state index in [1.54, 1.807) is 0 Å². The first-order valence-electron chi connectivity index (χ1n) is 7.70. The molecule has 0 bridgehead atoms. The number of sulfone groups is 1. The molecule has 0 aromatic rings. The molecule has 2 aliphatic rings. The van der Waals surface area contributed by atoms with E-state index in [9.17, 15) is 13.2 Å². The Balaban J connectivity index is 1.89. The van der Waals surface area contributed by atoms with E-state index in [4.69, 9.17) is 5.73 Å². The van der Waals surface area contributed by atoms with Crippen molar-refractivity contribution in [1.29, 1.82) is 0 Å². The fourth-order valence-corrected chi connectivity index (χ4v) is 4.23. The number of hydrogen-bond donors (Lipinski definition) is 1. The van der Waals surface area contributed by atoms with Crippen molar-refractivity contribution in [3.8, 4) is 0 Å². The number of amides is 1. The first-order chi connectivity index (χ1) is 9.78. The molecule has 0 saturated carbocycles. The number of nitrogens with zero attached hydrogens (tertiary/aromatic N) is 2. The molecule has 3 atom stereocenters. The van der Waals surface area contributed by atoms with Gasteiger partial charge in [-0.2, -0.15) is 0 Å². The van der Waals surface area contributed by atoms with Gasteiger partial charge in [0, 0.05) is 25.4 Å². The normalized spacial score (nSPS) is 29.0. The second-order valence-electron chi connectivity index (χ2n) is 6.55. The van der Waals surface area contributed by atoms with Crippen LogP contribution in [0, 0.1) is 5.92 Å². The Labute approximate surface area is 127 Å². The highest BCUT2D eigenvalue weighted by Gasteiger charge is 2.36. The summed E-state index contributed by atoms with van der Waals surface area (Å²) in [4.78, 5) is 16.6. The molecule has 2 saturated heterocycles. The zero-order valence-corrected chi connectivity index (χ0v) is 13.8. The molecule has 3 unspecified atom stereocenters. The third-order valence-corrected chi connectivity index (χ3v) is 5.75. The van der Waals surface area contributed by atoms with Crippen LogP contribution in [-0.2, 0) is 14.6 Å². The Kier molecular flexibility index (Phi) is 5.27. The molecule has 0 aromatic heterocycles. The summed E-state index contributed by atoms with van der Waals surface area (Å²) in [6, 6.07) is -0.118. The van der Waals surface area contributed by atoms with Crippen molar-refractivity contribution in [1.82, 2.24) is 9.80 Å². The number of nitrogens with two attached hydrogens (primary N) is 1. The van der Waals surface area contributed by atoms with Crippen molar-refractivity contribution in [2.24, 2.45) is 11.7 Å². The first kappa shape index (κ1) is 16.7. The zero-order valence-electron chi connectivity index (χ0n) is 13.0. The molecule has 2 N–H and O–H groups in total. The van der Waals surface area contributed by atoms with Crippen molar-refractivity contribution in [2.45, 2.75) is 37.8 Å². The fraction of sp³-hybridized carbons (Fsp3) is 0.929. The Morgan fingerprint density at radius 1 is 1.33 bits per heavy atom. The van der Waals surface area contributed by atoms with Gasteiger partial charge in [0.25, 0.3) is 0 Å². The molecule has 1 amide bonds. The zero-order chi connectivity index (χ0) is 15.6. The van der Waals surface area contributed by atoms with Gasteiger partial charge in [0.15, 0.2) is 0 Å². The first-order valence-corrected chi connectivity index (χ1v) is 9.76. The van der Waals surface area contributed by atoms with Crippen LogP contribution < -0.4 is 5.73 Å². The standard InChI is InChI=1S/C14H27N3O3S/c1-16-7-3-4-11-10-17(8-5-13(11)16)14(18)12(15)6-9-21(2,19)20/h11-13H,3-10,15H2,1-2H3. The fourth-order valence-electron chi connectivity index (χ4n) is 3.55. The quantitative estimate of drug-likeness (QED) is 0.769. The number of fused-ring (bicyclic) bond motifs is 1. The van der Waals surface area contributed by atoms with Gasteiger partial charge in [-0.15, -0.1) is 0 Å². The molecular weight excluding hydrogens is 290 g/mol. The van der Waals surface area contributed by atoms with Crippen LogP contribution in [0.5, 0.6) is 0 Å². The van der Waals surface area contributed by atoms with Gasteiger partial charge in [0.1, 0.15) is 9.84 Å². The number of piperidine rings is 2. The molecule has 2 rings (SSSR count). The van der Waals surface area contributed by atoms with E-state index >= 15 is 0 Å². The topological polar surface area (TPSA) is 83.7 Å². The van der Waals surface area contributed by atoms with Gasteiger partial charge < -0.3 is 15.5 Å². The average Bonchev–Trinajstić information content (AvgIpc) is 2.43. The van der Waals surface area contributed by atoms with Gasteiger partial charge in [0.05, 0.1) is 11.8 Å². The van der Waals surface area contributed by atoms with Gasteiger partial charge in [-0.1, -0.05) is 0 Å². The third-order valence-electron chi connectivity index (χ3n) is 4.77. The molecule has 21 heavy (non-hydrogen) atoms. The molecule has 7 heteroatoms. The second kappa shape index (κ2) is 6.62. The smallest absolute Gasteiger partial charge is 0.239 e. The van der Waals surface area contributed by atoms with Crippen LogP contribution in [0.2, 0.25) is 0 Å². The highest BCUT2D eigenvalue weighted by molar-refractivity contribution is 7.90. The van der Waals surface area contributed by atoms with E-state index in [0.717, 1.165) is 32.5 Å². The van der Waals surface area contributed by atoms with Crippen LogP contribution in [0.25, 0.3) is 0 Å². The van der Waals surface area contributed by atoms with Gasteiger partial charge >= 0.3 is 0 Å². The highest BCUT2D eigenvalue weighted by Crippen LogP contribution is 2.29. The molecule has 122 valence electrons. The van der Waals surface area contributed by atoms with E-state index in [1.807, 2.05) is 4.90 Å². The second-order valence-corrected chi connectivity index (χ2v) is 8.81. The van der Waals surface area contributed by atoms with Crippen molar-refractivity contribution < 1.29 is 13.2 Å². The summed E-state index contributed by atoms with van der Waals surface area (Å²) in [5.74, 6) is 0.414. The maximum Gasteiger partial charge on any atom is 0.239 e. The molecular formula is C14H27N3O3S. The number of likely N-dealkylation sites (tertiary alicyclic amines) is 2. The molecule has 0 aromatic carbocycles. The van der Waals surface area contributed by atoms with Crippen LogP contribution in [0.4, 0.5) is 0 Å². The lowest BCUT2D eigenvalue weighted by Crippen LogP contribution is -2.56. The summed E-state index contributed by atoms with van der Waals surface area (Å²) in [6.07, 6.45) is 4.72. The minimum absolute atomic E-state index is 0.0253. The lowest BCUT2D eigenvalue weighted by atomic mass is 9.84. The number of carbonyl (C=O) groups is 1. The van der Waals surface area contributed by atoms with Crippen LogP contribution in [0.1, 0.15) is 25.7 Å². The molecule has 2 aliphatic heterocycles. The molecule has 2 fully saturated rings. The number of rotatable bonds is 4. The monoisotopic (exact) mass is 317 g/mol. The minimum atomic E-state index is -3.07. The average molecular weight is 317 g/mol. The Morgan fingerprint density at radius 2 is 2.05 bits per heavy atom. The van der Waals surface area contributed by atoms with Crippen molar-refractivity contribution in [3.05, 3.63) is 0 Å². The molecule has 0 aliphatic carbocycles. The van der Waals surface area contributed by atoms with E-state index in [1.165, 1.54) is 12.7 Å². The van der Waals surface area contributed by atoms with Gasteiger partial charge in [-0.05, 0) is 45.2 Å². The Morgan fingerprint density at radius 3 is 2.71 bits per heavy atom. The summed E-state index contributed by atoms with van der Waals surface area (Å²) >= 11 is 0. The van der Waals surface area contributed by atoms with Gasteiger partial charge in [-0.3, -0.25) is 4.79 Å². The van der Waals surface area contributed by atoms with E-state index in [0.29, 0.717) is 12.0 Å². The predicted octanol–water partition coefficient (Wildman–Crippen LogP) is -0.309. The molecule has 2 heterocycles. The largest absolute Gasteiger partial charge is 0.341 e. The van der Waals surface area contributed by atoms with Crippen LogP contribution in [0.15, 0.2) is 0 Å². The SMILES string of the molecule is CN1CCCC2CN(C(=O)C(N)CCS(C)(=O)=O)CCC21. The van der Waals surface area contributed by atoms with Gasteiger partial charge in [-0.25, -0.2) is 8.42 Å². The predicted molar refractivity (Wildman–Crippen MR) is 82.6 cm³/mol. The number of carbonyl (C=O) groups excluding carboxylic acids is 1. The Hall–Kier alpha value is -0.660. The van der Waals surface area contributed by atoms with Crippen molar-refractivity contribution in [2.75, 3.05) is 38.7 Å². The molecule has 0 radical (unpaired) electrons.